The fourth-order valence-electron chi connectivity index (χ4n) is 3.72. The molecule has 0 saturated carbocycles. The van der Waals surface area contributed by atoms with Crippen molar-refractivity contribution in [1.82, 2.24) is 19.9 Å². The number of esters is 1. The number of ether oxygens (including phenoxy) is 1. The van der Waals surface area contributed by atoms with Gasteiger partial charge < -0.3 is 9.64 Å². The second-order valence-corrected chi connectivity index (χ2v) is 9.56. The summed E-state index contributed by atoms with van der Waals surface area (Å²) in [6.07, 6.45) is 2.63. The van der Waals surface area contributed by atoms with Gasteiger partial charge in [0.15, 0.2) is 15.9 Å². The molecule has 12 nitrogen and oxygen atoms in total. The second-order valence-electron chi connectivity index (χ2n) is 6.99. The van der Waals surface area contributed by atoms with Gasteiger partial charge in [0.1, 0.15) is 15.9 Å². The number of fused-ring (bicyclic) bond motifs is 1. The van der Waals surface area contributed by atoms with Crippen molar-refractivity contribution >= 4 is 27.4 Å². The van der Waals surface area contributed by atoms with Crippen LogP contribution < -0.4 is 4.74 Å². The maximum Gasteiger partial charge on any atom is 0.336 e. The van der Waals surface area contributed by atoms with Crippen LogP contribution in [0.5, 0.6) is 5.75 Å². The lowest BCUT2D eigenvalue weighted by atomic mass is 9.96. The highest BCUT2D eigenvalue weighted by atomic mass is 32.2. The van der Waals surface area contributed by atoms with Crippen molar-refractivity contribution in [2.45, 2.75) is 36.1 Å². The minimum absolute atomic E-state index is 0.00229. The van der Waals surface area contributed by atoms with E-state index in [0.29, 0.717) is 0 Å². The Morgan fingerprint density at radius 1 is 1.38 bits per heavy atom. The first-order chi connectivity index (χ1) is 13.6. The lowest BCUT2D eigenvalue weighted by molar-refractivity contribution is -0.384. The molecular weight excluding hydrogens is 406 g/mol. The molecule has 0 radical (unpaired) electrons. The van der Waals surface area contributed by atoms with Crippen LogP contribution in [0.1, 0.15) is 13.3 Å². The number of β-lactam (4-membered cyclic amide) rings is 1. The Morgan fingerprint density at radius 2 is 2.07 bits per heavy atom. The summed E-state index contributed by atoms with van der Waals surface area (Å²) in [5.41, 5.74) is -0.192. The average Bonchev–Trinajstić information content (AvgIpc) is 3.20. The highest BCUT2D eigenvalue weighted by molar-refractivity contribution is 7.93. The van der Waals surface area contributed by atoms with Gasteiger partial charge in [-0.2, -0.15) is 0 Å². The van der Waals surface area contributed by atoms with E-state index in [4.69, 9.17) is 4.74 Å². The van der Waals surface area contributed by atoms with Crippen LogP contribution in [0.15, 0.2) is 36.7 Å². The number of amides is 1. The Balaban J connectivity index is 1.67. The molecule has 2 aliphatic rings. The van der Waals surface area contributed by atoms with Crippen LogP contribution in [0.3, 0.4) is 0 Å². The number of hydrogen-bond acceptors (Lipinski definition) is 9. The first kappa shape index (κ1) is 19.0. The summed E-state index contributed by atoms with van der Waals surface area (Å²) in [5, 5.41) is 17.1. The maximum absolute atomic E-state index is 13.1. The van der Waals surface area contributed by atoms with Gasteiger partial charge in [0.25, 0.3) is 5.69 Å². The fourth-order valence-corrected chi connectivity index (χ4v) is 6.07. The Bertz CT molecular complexity index is 1100. The highest BCUT2D eigenvalue weighted by Crippen LogP contribution is 2.47. The van der Waals surface area contributed by atoms with E-state index in [1.165, 1.54) is 36.1 Å². The number of sulfone groups is 1. The number of nitrogens with zero attached hydrogens (tertiary/aromatic N) is 5. The lowest BCUT2D eigenvalue weighted by Gasteiger charge is -2.36. The molecule has 29 heavy (non-hydrogen) atoms. The Hall–Kier alpha value is -3.35. The molecule has 2 aromatic rings. The van der Waals surface area contributed by atoms with Crippen molar-refractivity contribution in [3.63, 3.8) is 0 Å². The zero-order chi connectivity index (χ0) is 21.0. The molecule has 3 heterocycles. The van der Waals surface area contributed by atoms with E-state index in [1.54, 1.807) is 0 Å². The smallest absolute Gasteiger partial charge is 0.336 e. The quantitative estimate of drug-likeness (QED) is 0.212. The summed E-state index contributed by atoms with van der Waals surface area (Å²) in [6.45, 7) is 1.17. The Morgan fingerprint density at radius 3 is 2.62 bits per heavy atom. The lowest BCUT2D eigenvalue weighted by Crippen LogP contribution is -2.59. The van der Waals surface area contributed by atoms with Crippen molar-refractivity contribution in [2.24, 2.45) is 0 Å². The number of nitro benzene ring substituents is 1. The van der Waals surface area contributed by atoms with Gasteiger partial charge in [0.2, 0.25) is 5.91 Å². The molecule has 0 spiro atoms. The predicted molar refractivity (Wildman–Crippen MR) is 95.1 cm³/mol. The van der Waals surface area contributed by atoms with Gasteiger partial charge in [-0.05, 0) is 19.1 Å². The molecule has 4 rings (SSSR count). The van der Waals surface area contributed by atoms with Crippen LogP contribution in [0.4, 0.5) is 5.69 Å². The van der Waals surface area contributed by atoms with Crippen LogP contribution in [-0.4, -0.2) is 61.3 Å². The number of aromatic nitrogens is 3. The van der Waals surface area contributed by atoms with Crippen molar-refractivity contribution in [1.29, 1.82) is 0 Å². The molecule has 0 aliphatic carbocycles. The average molecular weight is 421 g/mol. The SMILES string of the molecule is C[C@]1(Cn2ccnn2)[C@H](C(=O)Oc2ccc([N+](=O)[O-])cc2)N2C(=O)CC2S1(=O)=O. The van der Waals surface area contributed by atoms with Crippen molar-refractivity contribution < 1.29 is 27.7 Å². The normalized spacial score (nSPS) is 27.2. The number of rotatable bonds is 5. The fraction of sp³-hybridized carbons (Fsp3) is 0.375. The Kier molecular flexibility index (Phi) is 4.15. The highest BCUT2D eigenvalue weighted by Gasteiger charge is 2.70. The van der Waals surface area contributed by atoms with Gasteiger partial charge in [0.05, 0.1) is 24.1 Å². The van der Waals surface area contributed by atoms with E-state index in [9.17, 15) is 28.1 Å². The van der Waals surface area contributed by atoms with Crippen LogP contribution in [0.2, 0.25) is 0 Å². The first-order valence-electron chi connectivity index (χ1n) is 8.50. The van der Waals surface area contributed by atoms with Gasteiger partial charge in [-0.1, -0.05) is 5.21 Å². The summed E-state index contributed by atoms with van der Waals surface area (Å²) >= 11 is 0. The molecule has 2 fully saturated rings. The maximum atomic E-state index is 13.1. The number of hydrogen-bond donors (Lipinski definition) is 0. The van der Waals surface area contributed by atoms with Crippen molar-refractivity contribution in [2.75, 3.05) is 0 Å². The van der Waals surface area contributed by atoms with Crippen LogP contribution in [-0.2, 0) is 26.0 Å². The van der Waals surface area contributed by atoms with Gasteiger partial charge in [-0.3, -0.25) is 19.6 Å². The molecule has 13 heteroatoms. The standard InChI is InChI=1S/C16H15N5O7S/c1-16(9-19-7-6-17-18-19)14(20-12(22)8-13(20)29(16,26)27)15(23)28-11-4-2-10(3-5-11)21(24)25/h2-7,13-14H,8-9H2,1H3/t13?,14-,16-/m0/s1. The summed E-state index contributed by atoms with van der Waals surface area (Å²) in [6, 6.07) is 3.37. The van der Waals surface area contributed by atoms with E-state index in [0.717, 1.165) is 17.0 Å². The minimum Gasteiger partial charge on any atom is -0.425 e. The summed E-state index contributed by atoms with van der Waals surface area (Å²) in [7, 11) is -3.91. The molecule has 2 aliphatic heterocycles. The second kappa shape index (κ2) is 6.34. The molecule has 0 bridgehead atoms. The third-order valence-corrected chi connectivity index (χ3v) is 8.01. The molecule has 1 unspecified atom stereocenters. The summed E-state index contributed by atoms with van der Waals surface area (Å²) < 4.78 is 31.1. The van der Waals surface area contributed by atoms with Crippen LogP contribution in [0, 0.1) is 10.1 Å². The van der Waals surface area contributed by atoms with E-state index < -0.39 is 42.8 Å². The number of benzene rings is 1. The third kappa shape index (κ3) is 2.76. The van der Waals surface area contributed by atoms with Crippen molar-refractivity contribution in [3.8, 4) is 5.75 Å². The summed E-state index contributed by atoms with van der Waals surface area (Å²) in [5.74, 6) is -1.41. The van der Waals surface area contributed by atoms with Gasteiger partial charge >= 0.3 is 5.97 Å². The van der Waals surface area contributed by atoms with E-state index in [1.807, 2.05) is 0 Å². The predicted octanol–water partition coefficient (Wildman–Crippen LogP) is -0.0940. The minimum atomic E-state index is -3.91. The summed E-state index contributed by atoms with van der Waals surface area (Å²) in [4.78, 5) is 36.2. The monoisotopic (exact) mass is 421 g/mol. The number of carbonyl (C=O) groups excluding carboxylic acids is 2. The van der Waals surface area contributed by atoms with Gasteiger partial charge in [0, 0.05) is 18.3 Å². The molecule has 0 N–H and O–H groups in total. The van der Waals surface area contributed by atoms with Crippen molar-refractivity contribution in [3.05, 3.63) is 46.8 Å². The molecule has 1 aromatic carbocycles. The Labute approximate surface area is 164 Å². The first-order valence-corrected chi connectivity index (χ1v) is 10.0. The molecule has 3 atom stereocenters. The largest absolute Gasteiger partial charge is 0.425 e. The van der Waals surface area contributed by atoms with E-state index in [-0.39, 0.29) is 24.4 Å². The zero-order valence-electron chi connectivity index (χ0n) is 15.0. The zero-order valence-corrected chi connectivity index (χ0v) is 15.9. The molecular formula is C16H15N5O7S. The van der Waals surface area contributed by atoms with Gasteiger partial charge in [-0.15, -0.1) is 5.10 Å². The van der Waals surface area contributed by atoms with Crippen LogP contribution in [0.25, 0.3) is 0 Å². The number of nitro groups is 1. The molecule has 1 amide bonds. The van der Waals surface area contributed by atoms with E-state index >= 15 is 0 Å². The molecule has 152 valence electrons. The van der Waals surface area contributed by atoms with Gasteiger partial charge in [-0.25, -0.2) is 13.2 Å². The topological polar surface area (TPSA) is 155 Å². The van der Waals surface area contributed by atoms with Crippen LogP contribution >= 0.6 is 0 Å². The van der Waals surface area contributed by atoms with E-state index in [2.05, 4.69) is 10.3 Å². The number of non-ortho nitro benzene ring substituents is 1. The third-order valence-electron chi connectivity index (χ3n) is 5.25. The number of carbonyl (C=O) groups is 2. The molecule has 2 saturated heterocycles. The molecule has 1 aromatic heterocycles.